The zero-order valence-electron chi connectivity index (χ0n) is 18.0. The van der Waals surface area contributed by atoms with Crippen LogP contribution in [0.15, 0.2) is 58.5 Å². The van der Waals surface area contributed by atoms with Gasteiger partial charge in [0.15, 0.2) is 5.16 Å². The molecule has 3 rings (SSSR count). The average molecular weight is 424 g/mol. The number of nitrogens with one attached hydrogen (secondary N) is 1. The molecule has 5 nitrogen and oxygen atoms in total. The van der Waals surface area contributed by atoms with Gasteiger partial charge in [-0.2, -0.15) is 0 Å². The number of para-hydroxylation sites is 2. The van der Waals surface area contributed by atoms with E-state index < -0.39 is 0 Å². The van der Waals surface area contributed by atoms with E-state index in [0.717, 1.165) is 24.1 Å². The number of hydrogen-bond donors (Lipinski definition) is 1. The van der Waals surface area contributed by atoms with E-state index in [9.17, 15) is 9.59 Å². The Morgan fingerprint density at radius 2 is 1.73 bits per heavy atom. The molecular formula is C24H29N3O2S. The second-order valence-electron chi connectivity index (χ2n) is 7.64. The molecule has 0 aliphatic rings. The van der Waals surface area contributed by atoms with Crippen LogP contribution in [0, 0.1) is 0 Å². The molecule has 158 valence electrons. The van der Waals surface area contributed by atoms with Crippen LogP contribution in [0.5, 0.6) is 0 Å². The highest BCUT2D eigenvalue weighted by Crippen LogP contribution is 2.27. The van der Waals surface area contributed by atoms with Gasteiger partial charge >= 0.3 is 0 Å². The van der Waals surface area contributed by atoms with Crippen molar-refractivity contribution < 1.29 is 4.79 Å². The van der Waals surface area contributed by atoms with Gasteiger partial charge < -0.3 is 5.32 Å². The van der Waals surface area contributed by atoms with Gasteiger partial charge in [-0.1, -0.05) is 69.8 Å². The molecule has 0 saturated heterocycles. The average Bonchev–Trinajstić information content (AvgIpc) is 2.76. The van der Waals surface area contributed by atoms with Crippen molar-refractivity contribution in [3.05, 3.63) is 64.4 Å². The van der Waals surface area contributed by atoms with Crippen LogP contribution in [0.4, 0.5) is 0 Å². The van der Waals surface area contributed by atoms with Gasteiger partial charge in [0.05, 0.1) is 22.3 Å². The molecule has 0 fully saturated rings. The SMILES string of the molecule is CCC(CC)NC(=O)CSc1nc2ccccc2c(=O)n1-c1ccccc1C(C)C. The highest BCUT2D eigenvalue weighted by Gasteiger charge is 2.18. The number of nitrogens with zero attached hydrogens (tertiary/aromatic N) is 2. The number of benzene rings is 2. The molecule has 2 aromatic carbocycles. The molecule has 0 spiro atoms. The first-order valence-electron chi connectivity index (χ1n) is 10.5. The third-order valence-corrected chi connectivity index (χ3v) is 6.17. The zero-order chi connectivity index (χ0) is 21.7. The van der Waals surface area contributed by atoms with E-state index in [2.05, 4.69) is 33.0 Å². The smallest absolute Gasteiger partial charge is 0.266 e. The number of carbonyl (C=O) groups is 1. The first-order chi connectivity index (χ1) is 14.5. The number of carbonyl (C=O) groups excluding carboxylic acids is 1. The molecule has 0 aliphatic carbocycles. The maximum atomic E-state index is 13.4. The first-order valence-corrected chi connectivity index (χ1v) is 11.5. The molecule has 0 saturated carbocycles. The molecule has 1 heterocycles. The highest BCUT2D eigenvalue weighted by atomic mass is 32.2. The standard InChI is InChI=1S/C24H29N3O2S/c1-5-17(6-2)25-22(28)15-30-24-26-20-13-9-7-12-19(20)23(29)27(24)21-14-10-8-11-18(21)16(3)4/h7-14,16-17H,5-6,15H2,1-4H3,(H,25,28). The van der Waals surface area contributed by atoms with Gasteiger partial charge in [-0.25, -0.2) is 4.98 Å². The van der Waals surface area contributed by atoms with E-state index in [4.69, 9.17) is 4.98 Å². The quantitative estimate of drug-likeness (QED) is 0.413. The summed E-state index contributed by atoms with van der Waals surface area (Å²) >= 11 is 1.30. The van der Waals surface area contributed by atoms with Crippen LogP contribution in [0.2, 0.25) is 0 Å². The molecule has 0 radical (unpaired) electrons. The summed E-state index contributed by atoms with van der Waals surface area (Å²) in [4.78, 5) is 30.7. The van der Waals surface area contributed by atoms with E-state index in [1.165, 1.54) is 11.8 Å². The van der Waals surface area contributed by atoms with E-state index in [-0.39, 0.29) is 29.2 Å². The Morgan fingerprint density at radius 3 is 2.43 bits per heavy atom. The summed E-state index contributed by atoms with van der Waals surface area (Å²) in [5, 5.41) is 4.16. The lowest BCUT2D eigenvalue weighted by Gasteiger charge is -2.18. The van der Waals surface area contributed by atoms with Gasteiger partial charge in [0.2, 0.25) is 5.91 Å². The van der Waals surface area contributed by atoms with Crippen molar-refractivity contribution in [1.82, 2.24) is 14.9 Å². The van der Waals surface area contributed by atoms with Gasteiger partial charge in [-0.3, -0.25) is 14.2 Å². The molecule has 0 bridgehead atoms. The van der Waals surface area contributed by atoms with E-state index in [1.54, 1.807) is 10.6 Å². The van der Waals surface area contributed by atoms with Crippen molar-refractivity contribution in [2.45, 2.75) is 57.7 Å². The fraction of sp³-hybridized carbons (Fsp3) is 0.375. The minimum Gasteiger partial charge on any atom is -0.353 e. The van der Waals surface area contributed by atoms with E-state index in [1.807, 2.05) is 42.5 Å². The summed E-state index contributed by atoms with van der Waals surface area (Å²) in [5.41, 5.74) is 2.42. The molecule has 1 aromatic heterocycles. The summed E-state index contributed by atoms with van der Waals surface area (Å²) in [6.45, 7) is 8.34. The van der Waals surface area contributed by atoms with Crippen molar-refractivity contribution in [3.8, 4) is 5.69 Å². The topological polar surface area (TPSA) is 64.0 Å². The maximum Gasteiger partial charge on any atom is 0.266 e. The third-order valence-electron chi connectivity index (χ3n) is 5.23. The molecule has 0 atom stereocenters. The fourth-order valence-electron chi connectivity index (χ4n) is 3.49. The van der Waals surface area contributed by atoms with E-state index in [0.29, 0.717) is 16.1 Å². The van der Waals surface area contributed by atoms with Crippen LogP contribution < -0.4 is 10.9 Å². The second kappa shape index (κ2) is 9.94. The fourth-order valence-corrected chi connectivity index (χ4v) is 4.31. The Labute approximate surface area is 181 Å². The van der Waals surface area contributed by atoms with Gasteiger partial charge in [0.25, 0.3) is 5.56 Å². The van der Waals surface area contributed by atoms with Gasteiger partial charge in [-0.15, -0.1) is 0 Å². The van der Waals surface area contributed by atoms with Crippen LogP contribution in [-0.2, 0) is 4.79 Å². The van der Waals surface area contributed by atoms with E-state index >= 15 is 0 Å². The normalized spacial score (nSPS) is 11.4. The lowest BCUT2D eigenvalue weighted by molar-refractivity contribution is -0.119. The van der Waals surface area contributed by atoms with Crippen LogP contribution in [0.1, 0.15) is 52.0 Å². The Bertz CT molecular complexity index is 1090. The van der Waals surface area contributed by atoms with Gasteiger partial charge in [-0.05, 0) is 42.5 Å². The largest absolute Gasteiger partial charge is 0.353 e. The maximum absolute atomic E-state index is 13.4. The minimum absolute atomic E-state index is 0.0418. The number of rotatable bonds is 8. The Balaban J connectivity index is 2.07. The summed E-state index contributed by atoms with van der Waals surface area (Å²) in [5.74, 6) is 0.417. The molecule has 3 aromatic rings. The van der Waals surface area contributed by atoms with Crippen LogP contribution in [0.25, 0.3) is 16.6 Å². The first kappa shape index (κ1) is 22.1. The second-order valence-corrected chi connectivity index (χ2v) is 8.58. The molecule has 6 heteroatoms. The summed E-state index contributed by atoms with van der Waals surface area (Å²) in [6, 6.07) is 15.4. The number of hydrogen-bond acceptors (Lipinski definition) is 4. The molecule has 0 aliphatic heterocycles. The molecule has 30 heavy (non-hydrogen) atoms. The Hall–Kier alpha value is -2.60. The molecule has 1 N–H and O–H groups in total. The lowest BCUT2D eigenvalue weighted by Crippen LogP contribution is -2.35. The third kappa shape index (κ3) is 4.75. The molecule has 1 amide bonds. The zero-order valence-corrected chi connectivity index (χ0v) is 18.8. The van der Waals surface area contributed by atoms with Crippen molar-refractivity contribution in [1.29, 1.82) is 0 Å². The van der Waals surface area contributed by atoms with Crippen LogP contribution in [-0.4, -0.2) is 27.3 Å². The summed E-state index contributed by atoms with van der Waals surface area (Å²) in [6.07, 6.45) is 1.79. The summed E-state index contributed by atoms with van der Waals surface area (Å²) in [7, 11) is 0. The van der Waals surface area contributed by atoms with Crippen molar-refractivity contribution in [2.75, 3.05) is 5.75 Å². The van der Waals surface area contributed by atoms with Crippen molar-refractivity contribution in [3.63, 3.8) is 0 Å². The predicted octanol–water partition coefficient (Wildman–Crippen LogP) is 4.91. The number of thioether (sulfide) groups is 1. The van der Waals surface area contributed by atoms with Crippen molar-refractivity contribution in [2.24, 2.45) is 0 Å². The molecule has 0 unspecified atom stereocenters. The van der Waals surface area contributed by atoms with Crippen LogP contribution in [0.3, 0.4) is 0 Å². The van der Waals surface area contributed by atoms with Gasteiger partial charge in [0.1, 0.15) is 0 Å². The predicted molar refractivity (Wildman–Crippen MR) is 125 cm³/mol. The number of amides is 1. The van der Waals surface area contributed by atoms with Crippen molar-refractivity contribution >= 4 is 28.6 Å². The van der Waals surface area contributed by atoms with Gasteiger partial charge in [0, 0.05) is 6.04 Å². The highest BCUT2D eigenvalue weighted by molar-refractivity contribution is 7.99. The summed E-state index contributed by atoms with van der Waals surface area (Å²) < 4.78 is 1.66. The number of fused-ring (bicyclic) bond motifs is 1. The lowest BCUT2D eigenvalue weighted by atomic mass is 10.0. The molecular weight excluding hydrogens is 394 g/mol. The monoisotopic (exact) mass is 423 g/mol. The Morgan fingerprint density at radius 1 is 1.07 bits per heavy atom. The number of aromatic nitrogens is 2. The van der Waals surface area contributed by atoms with Crippen LogP contribution >= 0.6 is 11.8 Å². The minimum atomic E-state index is -0.114. The Kier molecular flexibility index (Phi) is 7.32.